The van der Waals surface area contributed by atoms with Crippen LogP contribution in [0.4, 0.5) is 20.5 Å². The first-order valence-electron chi connectivity index (χ1n) is 28.3. The van der Waals surface area contributed by atoms with Crippen LogP contribution in [-0.2, 0) is 23.9 Å². The molecule has 18 nitrogen and oxygen atoms in total. The van der Waals surface area contributed by atoms with Crippen LogP contribution in [0.2, 0.25) is 5.02 Å². The first kappa shape index (κ1) is 60.0. The molecule has 4 atom stereocenters. The van der Waals surface area contributed by atoms with Crippen molar-refractivity contribution in [3.8, 4) is 33.9 Å². The summed E-state index contributed by atoms with van der Waals surface area (Å²) in [5.74, 6) is -1.43. The second kappa shape index (κ2) is 28.1. The molecule has 4 aromatic carbocycles. The Balaban J connectivity index is 0.730. The van der Waals surface area contributed by atoms with E-state index < -0.39 is 35.2 Å². The van der Waals surface area contributed by atoms with Gasteiger partial charge >= 0.3 is 0 Å². The van der Waals surface area contributed by atoms with Gasteiger partial charge in [-0.25, -0.2) is 18.7 Å². The number of aromatic hydroxyl groups is 1. The number of aliphatic hydroxyl groups is 1. The number of fused-ring (bicyclic) bond motifs is 2. The lowest BCUT2D eigenvalue weighted by atomic mass is 9.83. The van der Waals surface area contributed by atoms with Crippen molar-refractivity contribution >= 4 is 74.1 Å². The van der Waals surface area contributed by atoms with E-state index in [2.05, 4.69) is 39.0 Å². The molecule has 9 rings (SSSR count). The zero-order valence-corrected chi connectivity index (χ0v) is 48.3. The van der Waals surface area contributed by atoms with Crippen molar-refractivity contribution in [2.75, 3.05) is 103 Å². The summed E-state index contributed by atoms with van der Waals surface area (Å²) in [4.78, 5) is 61.3. The lowest BCUT2D eigenvalue weighted by molar-refractivity contribution is -0.137. The van der Waals surface area contributed by atoms with E-state index in [-0.39, 0.29) is 82.7 Å². The van der Waals surface area contributed by atoms with Gasteiger partial charge in [-0.2, -0.15) is 4.98 Å². The highest BCUT2D eigenvalue weighted by atomic mass is 35.5. The van der Waals surface area contributed by atoms with Crippen molar-refractivity contribution < 1.29 is 47.6 Å². The minimum absolute atomic E-state index is 0.0155. The second-order valence-electron chi connectivity index (χ2n) is 21.0. The predicted octanol–water partition coefficient (Wildman–Crippen LogP) is 8.55. The Labute approximate surface area is 485 Å². The van der Waals surface area contributed by atoms with Gasteiger partial charge in [0.2, 0.25) is 23.7 Å². The molecule has 82 heavy (non-hydrogen) atoms. The zero-order chi connectivity index (χ0) is 57.9. The summed E-state index contributed by atoms with van der Waals surface area (Å²) in [7, 11) is 3.48. The molecule has 5 N–H and O–H groups in total. The zero-order valence-electron chi connectivity index (χ0n) is 46.7. The van der Waals surface area contributed by atoms with E-state index in [1.54, 1.807) is 28.2 Å². The van der Waals surface area contributed by atoms with Gasteiger partial charge in [-0.3, -0.25) is 19.7 Å². The van der Waals surface area contributed by atoms with Crippen LogP contribution in [-0.4, -0.2) is 169 Å². The summed E-state index contributed by atoms with van der Waals surface area (Å²) < 4.78 is 49.5. The topological polar surface area (TPSA) is 207 Å². The first-order chi connectivity index (χ1) is 39.8. The number of carbonyl (C=O) groups is 3. The van der Waals surface area contributed by atoms with E-state index in [4.69, 9.17) is 35.8 Å². The molecule has 2 saturated heterocycles. The van der Waals surface area contributed by atoms with E-state index in [0.29, 0.717) is 71.5 Å². The summed E-state index contributed by atoms with van der Waals surface area (Å²) in [6.07, 6.45) is 7.48. The Morgan fingerprint density at radius 2 is 1.63 bits per heavy atom. The molecule has 3 fully saturated rings. The van der Waals surface area contributed by atoms with E-state index in [1.165, 1.54) is 30.7 Å². The predicted molar refractivity (Wildman–Crippen MR) is 315 cm³/mol. The molecule has 1 aliphatic carbocycles. The number of halogens is 3. The van der Waals surface area contributed by atoms with Crippen molar-refractivity contribution in [2.24, 2.45) is 5.92 Å². The highest BCUT2D eigenvalue weighted by Gasteiger charge is 2.40. The SMILES string of the molecule is C=CC(=O)N1CCN(c2nc(NCCC(=O)N(C)CCOCCOCCOc3ccc(-c4csc([C@@H]5CCCN5C(=O)[C@@H](NC(O)[C@H](C)NC)C5CCCCC5)n4)c4ccccc34)nc3c(F)c(-c4c(O)cccc4F)c(Cl)cc23)CC1. The second-order valence-corrected chi connectivity index (χ2v) is 22.3. The molecule has 0 radical (unpaired) electrons. The highest BCUT2D eigenvalue weighted by Crippen LogP contribution is 2.44. The number of aliphatic hydroxyl groups excluding tert-OH is 1. The molecule has 0 bridgehead atoms. The number of carbonyl (C=O) groups excluding carboxylic acids is 3. The summed E-state index contributed by atoms with van der Waals surface area (Å²) in [5, 5.41) is 36.0. The largest absolute Gasteiger partial charge is 0.507 e. The van der Waals surface area contributed by atoms with Gasteiger partial charge in [-0.1, -0.05) is 67.8 Å². The fraction of sp³-hybridized carbons (Fsp3) is 0.467. The van der Waals surface area contributed by atoms with Gasteiger partial charge in [0.05, 0.1) is 54.8 Å². The summed E-state index contributed by atoms with van der Waals surface area (Å²) in [6.45, 7) is 9.53. The number of thiazole rings is 1. The molecule has 22 heteroatoms. The molecule has 1 saturated carbocycles. The van der Waals surface area contributed by atoms with Crippen LogP contribution < -0.4 is 25.6 Å². The average molecular weight is 1170 g/mol. The third-order valence-corrected chi connectivity index (χ3v) is 17.1. The number of piperazine rings is 1. The molecule has 3 amide bonds. The van der Waals surface area contributed by atoms with Gasteiger partial charge in [0, 0.05) is 92.6 Å². The van der Waals surface area contributed by atoms with Gasteiger partial charge in [-0.05, 0) is 87.4 Å². The molecule has 0 spiro atoms. The summed E-state index contributed by atoms with van der Waals surface area (Å²) >= 11 is 8.18. The van der Waals surface area contributed by atoms with Crippen LogP contribution in [0.3, 0.4) is 0 Å². The number of ether oxygens (including phenoxy) is 3. The number of phenolic OH excluding ortho intramolecular Hbond substituents is 1. The number of benzene rings is 4. The quantitative estimate of drug-likeness (QED) is 0.0207. The van der Waals surface area contributed by atoms with Crippen LogP contribution in [0.25, 0.3) is 44.1 Å². The molecule has 2 aromatic heterocycles. The summed E-state index contributed by atoms with van der Waals surface area (Å²) in [5.41, 5.74) is 0.892. The number of nitrogens with one attached hydrogen (secondary N) is 3. The molecule has 438 valence electrons. The maximum Gasteiger partial charge on any atom is 0.246 e. The Morgan fingerprint density at radius 3 is 2.38 bits per heavy atom. The average Bonchev–Trinajstić information content (AvgIpc) is 4.01. The van der Waals surface area contributed by atoms with E-state index in [1.807, 2.05) is 54.1 Å². The van der Waals surface area contributed by atoms with Crippen molar-refractivity contribution in [1.82, 2.24) is 40.3 Å². The van der Waals surface area contributed by atoms with Gasteiger partial charge in [-0.15, -0.1) is 11.3 Å². The van der Waals surface area contributed by atoms with Gasteiger partial charge in [0.15, 0.2) is 5.82 Å². The van der Waals surface area contributed by atoms with E-state index in [0.717, 1.165) is 77.4 Å². The molecular formula is C60H73ClF2N10O8S. The molecule has 3 aliphatic rings. The third kappa shape index (κ3) is 13.9. The Hall–Kier alpha value is -6.59. The van der Waals surface area contributed by atoms with E-state index >= 15 is 8.78 Å². The Bertz CT molecular complexity index is 3200. The maximum absolute atomic E-state index is 16.6. The highest BCUT2D eigenvalue weighted by molar-refractivity contribution is 7.10. The number of phenols is 1. The van der Waals surface area contributed by atoms with Crippen LogP contribution >= 0.6 is 22.9 Å². The smallest absolute Gasteiger partial charge is 0.246 e. The van der Waals surface area contributed by atoms with Crippen LogP contribution in [0.5, 0.6) is 11.5 Å². The number of aromatic nitrogens is 3. The number of hydrogen-bond donors (Lipinski definition) is 5. The molecular weight excluding hydrogens is 1090 g/mol. The Kier molecular flexibility index (Phi) is 20.6. The number of likely N-dealkylation sites (N-methyl/N-ethyl adjacent to an activating group) is 2. The minimum Gasteiger partial charge on any atom is -0.507 e. The monoisotopic (exact) mass is 1170 g/mol. The third-order valence-electron chi connectivity index (χ3n) is 15.8. The van der Waals surface area contributed by atoms with Crippen molar-refractivity contribution in [3.63, 3.8) is 0 Å². The number of anilines is 2. The normalized spacial score (nSPS) is 17.1. The molecule has 6 aromatic rings. The van der Waals surface area contributed by atoms with Crippen LogP contribution in [0.15, 0.2) is 78.7 Å². The summed E-state index contributed by atoms with van der Waals surface area (Å²) in [6, 6.07) is 16.3. The van der Waals surface area contributed by atoms with Crippen molar-refractivity contribution in [2.45, 2.75) is 82.6 Å². The fourth-order valence-corrected chi connectivity index (χ4v) is 12.4. The van der Waals surface area contributed by atoms with Crippen LogP contribution in [0.1, 0.15) is 69.3 Å². The molecule has 1 unspecified atom stereocenters. The molecule has 2 aliphatic heterocycles. The minimum atomic E-state index is -0.961. The Morgan fingerprint density at radius 1 is 0.890 bits per heavy atom. The number of amides is 3. The fourth-order valence-electron chi connectivity index (χ4n) is 11.1. The van der Waals surface area contributed by atoms with Crippen molar-refractivity contribution in [1.29, 1.82) is 0 Å². The van der Waals surface area contributed by atoms with Crippen LogP contribution in [0, 0.1) is 17.6 Å². The lowest BCUT2D eigenvalue weighted by Crippen LogP contribution is -2.57. The first-order valence-corrected chi connectivity index (χ1v) is 29.5. The number of nitrogens with zero attached hydrogens (tertiary/aromatic N) is 7. The van der Waals surface area contributed by atoms with E-state index in [9.17, 15) is 24.6 Å². The lowest BCUT2D eigenvalue weighted by Gasteiger charge is -2.36. The van der Waals surface area contributed by atoms with Gasteiger partial charge in [0.25, 0.3) is 0 Å². The van der Waals surface area contributed by atoms with Crippen molar-refractivity contribution in [3.05, 3.63) is 100 Å². The van der Waals surface area contributed by atoms with Gasteiger partial charge < -0.3 is 54.7 Å². The standard InChI is InChI=1S/C60H73ClF2N10O8S/c1-5-49(75)71-25-27-72(28-26-71)56-42-35-43(61)51(52-44(62)17-11-19-47(52)74)53(63)55(42)68-60(69-56)65-23-22-50(76)70(4)29-30-79-31-32-80-33-34-81-48-21-20-40(39-15-9-10-16-41(39)48)45-36-82-58(66-45)46-18-12-24-73(46)59(78)54(38-13-7-6-8-14-38)67-57(77)37(2)64-3/h5,9-11,15-17,19-21,35-38,46,54,57,64,67,74,77H,1,6-8,12-14,18,22-34H2,2-4H3,(H,65,68,69)/t37-,46-,54-,57?/m0/s1. The maximum atomic E-state index is 16.6. The molecule has 4 heterocycles. The number of likely N-dealkylation sites (tertiary alicyclic amines) is 1. The van der Waals surface area contributed by atoms with Gasteiger partial charge in [0.1, 0.15) is 46.5 Å². The number of hydrogen-bond acceptors (Lipinski definition) is 16. The number of rotatable bonds is 25.